The van der Waals surface area contributed by atoms with E-state index in [9.17, 15) is 8.42 Å². The van der Waals surface area contributed by atoms with Gasteiger partial charge in [-0.05, 0) is 45.2 Å². The maximum atomic E-state index is 12.1. The van der Waals surface area contributed by atoms with E-state index in [0.29, 0.717) is 5.75 Å². The van der Waals surface area contributed by atoms with Gasteiger partial charge in [0, 0.05) is 13.1 Å². The van der Waals surface area contributed by atoms with Crippen molar-refractivity contribution in [2.45, 2.75) is 39.2 Å². The number of hydrogen-bond donors (Lipinski definition) is 1. The van der Waals surface area contributed by atoms with Gasteiger partial charge in [0.2, 0.25) is 10.0 Å². The first kappa shape index (κ1) is 13.9. The van der Waals surface area contributed by atoms with Gasteiger partial charge in [-0.1, -0.05) is 6.92 Å². The molecule has 0 aliphatic carbocycles. The molecule has 16 heavy (non-hydrogen) atoms. The summed E-state index contributed by atoms with van der Waals surface area (Å²) in [5, 5.41) is 3.26. The lowest BCUT2D eigenvalue weighted by atomic mass is 10.0. The Kier molecular flexibility index (Phi) is 5.21. The highest BCUT2D eigenvalue weighted by Gasteiger charge is 2.26. The third-order valence-corrected chi connectivity index (χ3v) is 5.63. The molecule has 1 rings (SSSR count). The van der Waals surface area contributed by atoms with Gasteiger partial charge in [0.05, 0.1) is 5.75 Å². The Morgan fingerprint density at radius 3 is 2.69 bits per heavy atom. The molecule has 0 amide bonds. The third kappa shape index (κ3) is 3.71. The van der Waals surface area contributed by atoms with Gasteiger partial charge in [-0.25, -0.2) is 12.7 Å². The van der Waals surface area contributed by atoms with Crippen molar-refractivity contribution >= 4 is 10.0 Å². The molecule has 0 saturated carbocycles. The van der Waals surface area contributed by atoms with Crippen molar-refractivity contribution in [2.75, 3.05) is 25.9 Å². The molecular weight excluding hydrogens is 224 g/mol. The quantitative estimate of drug-likeness (QED) is 0.791. The molecule has 1 fully saturated rings. The van der Waals surface area contributed by atoms with E-state index in [2.05, 4.69) is 5.32 Å². The SMILES string of the molecule is CCC(C)N(C)S(=O)(=O)CC1CCCNC1. The zero-order valence-electron chi connectivity index (χ0n) is 10.6. The normalized spacial score (nSPS) is 24.6. The summed E-state index contributed by atoms with van der Waals surface area (Å²) in [5.74, 6) is 0.575. The minimum Gasteiger partial charge on any atom is -0.316 e. The minimum atomic E-state index is -3.08. The standard InChI is InChI=1S/C11H24N2O2S/c1-4-10(2)13(3)16(14,15)9-11-6-5-7-12-8-11/h10-12H,4-9H2,1-3H3. The maximum Gasteiger partial charge on any atom is 0.214 e. The van der Waals surface area contributed by atoms with Crippen LogP contribution in [-0.4, -0.2) is 44.7 Å². The number of hydrogen-bond acceptors (Lipinski definition) is 3. The van der Waals surface area contributed by atoms with Gasteiger partial charge < -0.3 is 5.32 Å². The number of nitrogens with one attached hydrogen (secondary N) is 1. The Bertz CT molecular complexity index is 297. The summed E-state index contributed by atoms with van der Waals surface area (Å²) in [6, 6.07) is 0.0987. The molecule has 0 spiro atoms. The average molecular weight is 248 g/mol. The number of sulfonamides is 1. The van der Waals surface area contributed by atoms with Gasteiger partial charge >= 0.3 is 0 Å². The van der Waals surface area contributed by atoms with Gasteiger partial charge in [-0.2, -0.15) is 0 Å². The highest BCUT2D eigenvalue weighted by Crippen LogP contribution is 2.16. The topological polar surface area (TPSA) is 49.4 Å². The summed E-state index contributed by atoms with van der Waals surface area (Å²) < 4.78 is 25.7. The van der Waals surface area contributed by atoms with Crippen molar-refractivity contribution in [1.82, 2.24) is 9.62 Å². The van der Waals surface area contributed by atoms with Crippen LogP contribution < -0.4 is 5.32 Å². The Morgan fingerprint density at radius 1 is 1.50 bits per heavy atom. The zero-order chi connectivity index (χ0) is 12.2. The van der Waals surface area contributed by atoms with Crippen LogP contribution in [0.15, 0.2) is 0 Å². The second-order valence-electron chi connectivity index (χ2n) is 4.76. The Labute approximate surface area is 99.5 Å². The molecule has 1 aliphatic heterocycles. The number of nitrogens with zero attached hydrogens (tertiary/aromatic N) is 1. The summed E-state index contributed by atoms with van der Waals surface area (Å²) in [5.41, 5.74) is 0. The molecule has 5 heteroatoms. The summed E-state index contributed by atoms with van der Waals surface area (Å²) in [6.45, 7) is 5.83. The summed E-state index contributed by atoms with van der Waals surface area (Å²) in [7, 11) is -1.38. The summed E-state index contributed by atoms with van der Waals surface area (Å²) in [4.78, 5) is 0. The number of rotatable bonds is 5. The Morgan fingerprint density at radius 2 is 2.19 bits per heavy atom. The highest BCUT2D eigenvalue weighted by atomic mass is 32.2. The van der Waals surface area contributed by atoms with Crippen LogP contribution in [0.25, 0.3) is 0 Å². The molecule has 0 aromatic rings. The molecule has 1 heterocycles. The Balaban J connectivity index is 2.56. The second-order valence-corrected chi connectivity index (χ2v) is 6.84. The fraction of sp³-hybridized carbons (Fsp3) is 1.00. The highest BCUT2D eigenvalue weighted by molar-refractivity contribution is 7.89. The third-order valence-electron chi connectivity index (χ3n) is 3.50. The molecule has 0 aromatic heterocycles. The molecule has 1 saturated heterocycles. The molecule has 2 atom stereocenters. The molecular formula is C11H24N2O2S. The predicted octanol–water partition coefficient (Wildman–Crippen LogP) is 1.05. The van der Waals surface area contributed by atoms with Crippen LogP contribution in [0.4, 0.5) is 0 Å². The molecule has 4 nitrogen and oxygen atoms in total. The van der Waals surface area contributed by atoms with Crippen molar-refractivity contribution in [2.24, 2.45) is 5.92 Å². The van der Waals surface area contributed by atoms with E-state index in [1.807, 2.05) is 13.8 Å². The van der Waals surface area contributed by atoms with Crippen molar-refractivity contribution in [1.29, 1.82) is 0 Å². The lowest BCUT2D eigenvalue weighted by Gasteiger charge is -2.28. The zero-order valence-corrected chi connectivity index (χ0v) is 11.4. The fourth-order valence-corrected chi connectivity index (χ4v) is 3.83. The van der Waals surface area contributed by atoms with Crippen molar-refractivity contribution in [3.05, 3.63) is 0 Å². The van der Waals surface area contributed by atoms with Gasteiger partial charge in [0.1, 0.15) is 0 Å². The summed E-state index contributed by atoms with van der Waals surface area (Å²) >= 11 is 0. The van der Waals surface area contributed by atoms with Gasteiger partial charge in [0.15, 0.2) is 0 Å². The first-order valence-electron chi connectivity index (χ1n) is 6.13. The average Bonchev–Trinajstić information content (AvgIpc) is 2.27. The van der Waals surface area contributed by atoms with Crippen LogP contribution in [-0.2, 0) is 10.0 Å². The molecule has 0 radical (unpaired) electrons. The second kappa shape index (κ2) is 5.98. The van der Waals surface area contributed by atoms with Crippen LogP contribution in [0.2, 0.25) is 0 Å². The van der Waals surface area contributed by atoms with Crippen LogP contribution in [0, 0.1) is 5.92 Å². The first-order chi connectivity index (χ1) is 7.47. The van der Waals surface area contributed by atoms with E-state index in [0.717, 1.165) is 32.4 Å². The van der Waals surface area contributed by atoms with Crippen LogP contribution in [0.5, 0.6) is 0 Å². The lowest BCUT2D eigenvalue weighted by molar-refractivity contribution is 0.361. The lowest BCUT2D eigenvalue weighted by Crippen LogP contribution is -2.41. The van der Waals surface area contributed by atoms with E-state index in [-0.39, 0.29) is 12.0 Å². The molecule has 2 unspecified atom stereocenters. The van der Waals surface area contributed by atoms with E-state index >= 15 is 0 Å². The number of piperidine rings is 1. The van der Waals surface area contributed by atoms with Crippen LogP contribution >= 0.6 is 0 Å². The van der Waals surface area contributed by atoms with Gasteiger partial charge in [0.25, 0.3) is 0 Å². The molecule has 96 valence electrons. The smallest absolute Gasteiger partial charge is 0.214 e. The first-order valence-corrected chi connectivity index (χ1v) is 7.74. The van der Waals surface area contributed by atoms with Crippen molar-refractivity contribution < 1.29 is 8.42 Å². The van der Waals surface area contributed by atoms with E-state index in [1.165, 1.54) is 4.31 Å². The van der Waals surface area contributed by atoms with E-state index in [1.54, 1.807) is 7.05 Å². The van der Waals surface area contributed by atoms with Gasteiger partial charge in [-0.15, -0.1) is 0 Å². The monoisotopic (exact) mass is 248 g/mol. The van der Waals surface area contributed by atoms with Crippen LogP contribution in [0.1, 0.15) is 33.1 Å². The molecule has 0 aromatic carbocycles. The van der Waals surface area contributed by atoms with Crippen LogP contribution in [0.3, 0.4) is 0 Å². The fourth-order valence-electron chi connectivity index (χ4n) is 2.01. The van der Waals surface area contributed by atoms with Crippen molar-refractivity contribution in [3.8, 4) is 0 Å². The Hall–Kier alpha value is -0.130. The predicted molar refractivity (Wildman–Crippen MR) is 66.9 cm³/mol. The summed E-state index contributed by atoms with van der Waals surface area (Å²) in [6.07, 6.45) is 2.98. The maximum absolute atomic E-state index is 12.1. The van der Waals surface area contributed by atoms with Gasteiger partial charge in [-0.3, -0.25) is 0 Å². The molecule has 0 bridgehead atoms. The molecule has 1 aliphatic rings. The largest absolute Gasteiger partial charge is 0.316 e. The molecule has 1 N–H and O–H groups in total. The van der Waals surface area contributed by atoms with Crippen molar-refractivity contribution in [3.63, 3.8) is 0 Å². The van der Waals surface area contributed by atoms with E-state index < -0.39 is 10.0 Å². The minimum absolute atomic E-state index is 0.0987. The van der Waals surface area contributed by atoms with E-state index in [4.69, 9.17) is 0 Å².